The van der Waals surface area contributed by atoms with Gasteiger partial charge >= 0.3 is 6.03 Å². The van der Waals surface area contributed by atoms with Crippen molar-refractivity contribution in [3.63, 3.8) is 0 Å². The number of likely N-dealkylation sites (tertiary alicyclic amines) is 1. The summed E-state index contributed by atoms with van der Waals surface area (Å²) in [4.78, 5) is 16.9. The van der Waals surface area contributed by atoms with Gasteiger partial charge in [-0.05, 0) is 50.5 Å². The van der Waals surface area contributed by atoms with Crippen LogP contribution in [-0.4, -0.2) is 54.2 Å². The smallest absolute Gasteiger partial charge is 0.321 e. The molecule has 0 aliphatic carbocycles. The Kier molecular flexibility index (Phi) is 5.97. The minimum absolute atomic E-state index is 0.00593. The predicted octanol–water partition coefficient (Wildman–Crippen LogP) is 3.73. The van der Waals surface area contributed by atoms with Gasteiger partial charge in [-0.15, -0.1) is 0 Å². The molecule has 0 radical (unpaired) electrons. The highest BCUT2D eigenvalue weighted by Gasteiger charge is 2.27. The van der Waals surface area contributed by atoms with Gasteiger partial charge in [0, 0.05) is 37.9 Å². The van der Waals surface area contributed by atoms with E-state index in [1.54, 1.807) is 0 Å². The van der Waals surface area contributed by atoms with Gasteiger partial charge in [0.25, 0.3) is 0 Å². The molecule has 1 fully saturated rings. The Hall–Kier alpha value is -2.01. The number of urea groups is 1. The molecule has 2 aliphatic heterocycles. The Morgan fingerprint density at radius 1 is 1.20 bits per heavy atom. The summed E-state index contributed by atoms with van der Waals surface area (Å²) < 4.78 is 5.77. The van der Waals surface area contributed by atoms with Gasteiger partial charge in [0.05, 0.1) is 6.10 Å². The molecule has 1 aromatic rings. The molecule has 2 amide bonds. The summed E-state index contributed by atoms with van der Waals surface area (Å²) in [5.74, 6) is 0.840. The maximum absolute atomic E-state index is 12.5. The Morgan fingerprint density at radius 2 is 1.84 bits per heavy atom. The summed E-state index contributed by atoms with van der Waals surface area (Å²) in [5.41, 5.74) is 0.812. The van der Waals surface area contributed by atoms with E-state index in [2.05, 4.69) is 36.2 Å². The summed E-state index contributed by atoms with van der Waals surface area (Å²) in [6.45, 7) is 7.91. The standard InChI is InChI=1S/C20H29N3O2/c1-3-16(2)25-19-8-6-17(7-9-19)21-20(24)23-14-10-18(11-15-23)22-12-4-5-13-22/h4-9,16,18H,3,10-15H2,1-2H3,(H,21,24)/t16-/m0/s1. The molecule has 0 aromatic heterocycles. The molecule has 0 unspecified atom stereocenters. The number of benzene rings is 1. The van der Waals surface area contributed by atoms with Crippen molar-refractivity contribution < 1.29 is 9.53 Å². The summed E-state index contributed by atoms with van der Waals surface area (Å²) in [5, 5.41) is 3.00. The van der Waals surface area contributed by atoms with Crippen molar-refractivity contribution in [3.8, 4) is 5.75 Å². The second kappa shape index (κ2) is 8.39. The first kappa shape index (κ1) is 17.8. The molecule has 25 heavy (non-hydrogen) atoms. The van der Waals surface area contributed by atoms with Crippen LogP contribution in [0.1, 0.15) is 33.1 Å². The van der Waals surface area contributed by atoms with Crippen LogP contribution in [0.2, 0.25) is 0 Å². The van der Waals surface area contributed by atoms with Crippen LogP contribution >= 0.6 is 0 Å². The minimum Gasteiger partial charge on any atom is -0.491 e. The molecule has 0 saturated carbocycles. The minimum atomic E-state index is -0.00593. The third kappa shape index (κ3) is 4.75. The number of nitrogens with zero attached hydrogens (tertiary/aromatic N) is 2. The molecule has 2 aliphatic rings. The fraction of sp³-hybridized carbons (Fsp3) is 0.550. The highest BCUT2D eigenvalue weighted by Crippen LogP contribution is 2.21. The number of carbonyl (C=O) groups is 1. The van der Waals surface area contributed by atoms with E-state index in [1.807, 2.05) is 29.2 Å². The van der Waals surface area contributed by atoms with E-state index in [-0.39, 0.29) is 12.1 Å². The fourth-order valence-electron chi connectivity index (χ4n) is 3.36. The van der Waals surface area contributed by atoms with Crippen LogP contribution < -0.4 is 10.1 Å². The summed E-state index contributed by atoms with van der Waals surface area (Å²) in [6, 6.07) is 8.23. The van der Waals surface area contributed by atoms with Crippen molar-refractivity contribution in [2.24, 2.45) is 0 Å². The van der Waals surface area contributed by atoms with Gasteiger partial charge in [-0.3, -0.25) is 4.90 Å². The normalized spacial score (nSPS) is 19.8. The average molecular weight is 343 g/mol. The van der Waals surface area contributed by atoms with Crippen molar-refractivity contribution in [3.05, 3.63) is 36.4 Å². The van der Waals surface area contributed by atoms with Crippen molar-refractivity contribution in [2.75, 3.05) is 31.5 Å². The number of nitrogens with one attached hydrogen (secondary N) is 1. The Bertz CT molecular complexity index is 583. The zero-order valence-corrected chi connectivity index (χ0v) is 15.3. The predicted molar refractivity (Wildman–Crippen MR) is 101 cm³/mol. The third-order valence-corrected chi connectivity index (χ3v) is 5.13. The zero-order valence-electron chi connectivity index (χ0n) is 15.3. The Morgan fingerprint density at radius 3 is 2.44 bits per heavy atom. The molecule has 3 rings (SSSR count). The molecule has 136 valence electrons. The number of carbonyl (C=O) groups excluding carboxylic acids is 1. The van der Waals surface area contributed by atoms with Gasteiger partial charge < -0.3 is 15.0 Å². The fourth-order valence-corrected chi connectivity index (χ4v) is 3.36. The topological polar surface area (TPSA) is 44.8 Å². The van der Waals surface area contributed by atoms with Gasteiger partial charge in [0.15, 0.2) is 0 Å². The quantitative estimate of drug-likeness (QED) is 0.829. The lowest BCUT2D eigenvalue weighted by atomic mass is 10.0. The number of ether oxygens (including phenoxy) is 1. The molecule has 2 heterocycles. The summed E-state index contributed by atoms with van der Waals surface area (Å²) in [7, 11) is 0. The first-order chi connectivity index (χ1) is 12.2. The number of hydrogen-bond donors (Lipinski definition) is 1. The highest BCUT2D eigenvalue weighted by molar-refractivity contribution is 5.89. The first-order valence-electron chi connectivity index (χ1n) is 9.37. The molecule has 1 aromatic carbocycles. The maximum Gasteiger partial charge on any atom is 0.321 e. The number of hydrogen-bond acceptors (Lipinski definition) is 3. The van der Waals surface area contributed by atoms with E-state index < -0.39 is 0 Å². The van der Waals surface area contributed by atoms with Crippen LogP contribution in [0.15, 0.2) is 36.4 Å². The number of anilines is 1. The number of rotatable bonds is 5. The SMILES string of the molecule is CC[C@H](C)Oc1ccc(NC(=O)N2CCC(N3CC=CC3)CC2)cc1. The molecule has 1 atom stereocenters. The van der Waals surface area contributed by atoms with Crippen molar-refractivity contribution in [1.82, 2.24) is 9.80 Å². The molecule has 0 bridgehead atoms. The molecule has 1 N–H and O–H groups in total. The first-order valence-corrected chi connectivity index (χ1v) is 9.37. The van der Waals surface area contributed by atoms with Gasteiger partial charge in [-0.2, -0.15) is 0 Å². The third-order valence-electron chi connectivity index (χ3n) is 5.13. The molecular formula is C20H29N3O2. The van der Waals surface area contributed by atoms with Crippen molar-refractivity contribution in [1.29, 1.82) is 0 Å². The summed E-state index contributed by atoms with van der Waals surface area (Å²) >= 11 is 0. The molecular weight excluding hydrogens is 314 g/mol. The van der Waals surface area contributed by atoms with Gasteiger partial charge in [0.2, 0.25) is 0 Å². The Labute approximate surface area is 150 Å². The number of piperidine rings is 1. The van der Waals surface area contributed by atoms with Crippen LogP contribution in [0, 0.1) is 0 Å². The molecule has 0 spiro atoms. The lowest BCUT2D eigenvalue weighted by Crippen LogP contribution is -2.47. The van der Waals surface area contributed by atoms with Crippen LogP contribution in [0.25, 0.3) is 0 Å². The molecule has 1 saturated heterocycles. The van der Waals surface area contributed by atoms with Crippen LogP contribution in [0.4, 0.5) is 10.5 Å². The zero-order chi connectivity index (χ0) is 17.6. The van der Waals surface area contributed by atoms with E-state index in [0.717, 1.165) is 56.9 Å². The van der Waals surface area contributed by atoms with Crippen molar-refractivity contribution in [2.45, 2.75) is 45.3 Å². The van der Waals surface area contributed by atoms with Gasteiger partial charge in [-0.25, -0.2) is 4.79 Å². The second-order valence-corrected chi connectivity index (χ2v) is 6.93. The second-order valence-electron chi connectivity index (χ2n) is 6.93. The number of amides is 2. The average Bonchev–Trinajstić information content (AvgIpc) is 3.18. The lowest BCUT2D eigenvalue weighted by Gasteiger charge is -2.36. The van der Waals surface area contributed by atoms with E-state index in [9.17, 15) is 4.79 Å². The van der Waals surface area contributed by atoms with E-state index >= 15 is 0 Å². The van der Waals surface area contributed by atoms with Gasteiger partial charge in [-0.1, -0.05) is 19.1 Å². The maximum atomic E-state index is 12.5. The largest absolute Gasteiger partial charge is 0.491 e. The van der Waals surface area contributed by atoms with E-state index in [0.29, 0.717) is 6.04 Å². The van der Waals surface area contributed by atoms with E-state index in [4.69, 9.17) is 4.74 Å². The van der Waals surface area contributed by atoms with Gasteiger partial charge in [0.1, 0.15) is 5.75 Å². The lowest BCUT2D eigenvalue weighted by molar-refractivity contribution is 0.144. The molecule has 5 nitrogen and oxygen atoms in total. The Balaban J connectivity index is 1.46. The van der Waals surface area contributed by atoms with Crippen LogP contribution in [0.5, 0.6) is 5.75 Å². The highest BCUT2D eigenvalue weighted by atomic mass is 16.5. The molecule has 5 heteroatoms. The van der Waals surface area contributed by atoms with Crippen LogP contribution in [0.3, 0.4) is 0 Å². The van der Waals surface area contributed by atoms with Crippen molar-refractivity contribution >= 4 is 11.7 Å². The van der Waals surface area contributed by atoms with Crippen LogP contribution in [-0.2, 0) is 0 Å². The summed E-state index contributed by atoms with van der Waals surface area (Å²) in [6.07, 6.45) is 7.74. The van der Waals surface area contributed by atoms with E-state index in [1.165, 1.54) is 0 Å². The monoisotopic (exact) mass is 343 g/mol.